The van der Waals surface area contributed by atoms with Crippen LogP contribution in [0.15, 0.2) is 48.7 Å². The number of nitrogens with zero attached hydrogens (tertiary/aromatic N) is 3. The number of hydrogen-bond acceptors (Lipinski definition) is 5. The summed E-state index contributed by atoms with van der Waals surface area (Å²) in [5.74, 6) is 1.12. The molecule has 0 bridgehead atoms. The lowest BCUT2D eigenvalue weighted by Crippen LogP contribution is -2.02. The molecule has 0 radical (unpaired) electrons. The van der Waals surface area contributed by atoms with E-state index < -0.39 is 0 Å². The van der Waals surface area contributed by atoms with E-state index in [0.717, 1.165) is 11.4 Å². The molecule has 23 heavy (non-hydrogen) atoms. The van der Waals surface area contributed by atoms with Gasteiger partial charge in [0.15, 0.2) is 0 Å². The van der Waals surface area contributed by atoms with E-state index in [-0.39, 0.29) is 0 Å². The molecule has 0 saturated carbocycles. The van der Waals surface area contributed by atoms with Crippen molar-refractivity contribution >= 4 is 40.7 Å². The zero-order valence-corrected chi connectivity index (χ0v) is 13.7. The Morgan fingerprint density at radius 1 is 0.913 bits per heavy atom. The van der Waals surface area contributed by atoms with Gasteiger partial charge in [-0.15, -0.1) is 0 Å². The number of anilines is 3. The molecule has 0 aliphatic carbocycles. The Kier molecular flexibility index (Phi) is 4.60. The molecule has 0 saturated heterocycles. The van der Waals surface area contributed by atoms with E-state index in [2.05, 4.69) is 25.6 Å². The van der Waals surface area contributed by atoms with Gasteiger partial charge in [0.1, 0.15) is 5.82 Å². The highest BCUT2D eigenvalue weighted by atomic mass is 35.5. The Morgan fingerprint density at radius 3 is 2.48 bits per heavy atom. The van der Waals surface area contributed by atoms with E-state index in [1.807, 2.05) is 30.3 Å². The van der Waals surface area contributed by atoms with Crippen LogP contribution in [-0.2, 0) is 0 Å². The van der Waals surface area contributed by atoms with Gasteiger partial charge in [0.05, 0.1) is 21.4 Å². The van der Waals surface area contributed by atoms with Crippen molar-refractivity contribution in [3.8, 4) is 11.4 Å². The largest absolute Gasteiger partial charge is 0.357 e. The topological polar surface area (TPSA) is 62.7 Å². The zero-order chi connectivity index (χ0) is 16.2. The minimum Gasteiger partial charge on any atom is -0.357 e. The van der Waals surface area contributed by atoms with E-state index in [1.165, 1.54) is 0 Å². The summed E-state index contributed by atoms with van der Waals surface area (Å²) in [6, 6.07) is 12.8. The van der Waals surface area contributed by atoms with Crippen molar-refractivity contribution in [1.82, 2.24) is 15.0 Å². The lowest BCUT2D eigenvalue weighted by atomic mass is 10.2. The fourth-order valence-corrected chi connectivity index (χ4v) is 2.29. The highest BCUT2D eigenvalue weighted by molar-refractivity contribution is 6.42. The third-order valence-electron chi connectivity index (χ3n) is 3.07. The van der Waals surface area contributed by atoms with Gasteiger partial charge in [-0.3, -0.25) is 4.98 Å². The predicted octanol–water partition coefficient (Wildman–Crippen LogP) is 4.63. The van der Waals surface area contributed by atoms with Gasteiger partial charge in [0.25, 0.3) is 0 Å². The first kappa shape index (κ1) is 15.5. The molecule has 0 aliphatic heterocycles. The number of rotatable bonds is 4. The van der Waals surface area contributed by atoms with Gasteiger partial charge >= 0.3 is 0 Å². The fraction of sp³-hybridized carbons (Fsp3) is 0.0625. The summed E-state index contributed by atoms with van der Waals surface area (Å²) in [6.45, 7) is 0. The molecule has 0 aliphatic rings. The van der Waals surface area contributed by atoms with Crippen LogP contribution in [0.2, 0.25) is 10.0 Å². The van der Waals surface area contributed by atoms with Crippen molar-refractivity contribution < 1.29 is 0 Å². The van der Waals surface area contributed by atoms with Crippen molar-refractivity contribution in [3.63, 3.8) is 0 Å². The molecule has 5 nitrogen and oxygen atoms in total. The van der Waals surface area contributed by atoms with Crippen LogP contribution < -0.4 is 10.6 Å². The van der Waals surface area contributed by atoms with E-state index in [0.29, 0.717) is 27.5 Å². The maximum atomic E-state index is 6.04. The average Bonchev–Trinajstić information content (AvgIpc) is 2.58. The molecule has 7 heteroatoms. The van der Waals surface area contributed by atoms with Gasteiger partial charge in [-0.25, -0.2) is 4.98 Å². The third-order valence-corrected chi connectivity index (χ3v) is 3.81. The first-order valence-electron chi connectivity index (χ1n) is 6.86. The van der Waals surface area contributed by atoms with Crippen LogP contribution in [0.25, 0.3) is 11.4 Å². The van der Waals surface area contributed by atoms with Crippen molar-refractivity contribution in [2.45, 2.75) is 0 Å². The summed E-state index contributed by atoms with van der Waals surface area (Å²) >= 11 is 12.0. The molecule has 0 spiro atoms. The molecule has 116 valence electrons. The monoisotopic (exact) mass is 345 g/mol. The molecule has 3 rings (SSSR count). The lowest BCUT2D eigenvalue weighted by Gasteiger charge is -2.10. The van der Waals surface area contributed by atoms with Crippen LogP contribution in [0.3, 0.4) is 0 Å². The number of benzene rings is 1. The quantitative estimate of drug-likeness (QED) is 0.721. The summed E-state index contributed by atoms with van der Waals surface area (Å²) < 4.78 is 0. The van der Waals surface area contributed by atoms with Gasteiger partial charge in [0, 0.05) is 25.0 Å². The van der Waals surface area contributed by atoms with Crippen molar-refractivity contribution in [3.05, 3.63) is 58.7 Å². The molecular weight excluding hydrogens is 333 g/mol. The molecule has 0 atom stereocenters. The van der Waals surface area contributed by atoms with E-state index in [9.17, 15) is 0 Å². The highest BCUT2D eigenvalue weighted by Crippen LogP contribution is 2.27. The number of nitrogens with one attached hydrogen (secondary N) is 2. The summed E-state index contributed by atoms with van der Waals surface area (Å²) in [5, 5.41) is 7.12. The molecule has 2 heterocycles. The first-order chi connectivity index (χ1) is 11.2. The second kappa shape index (κ2) is 6.81. The minimum absolute atomic E-state index is 0.476. The molecular formula is C16H13Cl2N5. The summed E-state index contributed by atoms with van der Waals surface area (Å²) in [6.07, 6.45) is 1.72. The van der Waals surface area contributed by atoms with Gasteiger partial charge < -0.3 is 10.6 Å². The Labute approximate surface area is 143 Å². The molecule has 0 amide bonds. The Bertz CT molecular complexity index is 824. The van der Waals surface area contributed by atoms with Gasteiger partial charge in [-0.1, -0.05) is 29.3 Å². The Morgan fingerprint density at radius 2 is 1.78 bits per heavy atom. The number of halogens is 2. The molecule has 0 fully saturated rings. The lowest BCUT2D eigenvalue weighted by molar-refractivity contribution is 1.14. The maximum absolute atomic E-state index is 6.04. The number of aromatic nitrogens is 3. The van der Waals surface area contributed by atoms with Crippen LogP contribution in [-0.4, -0.2) is 22.0 Å². The first-order valence-corrected chi connectivity index (χ1v) is 7.61. The standard InChI is InChI=1S/C16H13Cl2N5/c1-19-16-22-14(13-4-2-3-7-20-13)9-15(23-16)21-10-5-6-11(17)12(18)8-10/h2-9H,1H3,(H2,19,21,22,23). The molecule has 2 N–H and O–H groups in total. The van der Waals surface area contributed by atoms with Gasteiger partial charge in [-0.05, 0) is 30.3 Å². The maximum Gasteiger partial charge on any atom is 0.225 e. The summed E-state index contributed by atoms with van der Waals surface area (Å²) in [7, 11) is 1.76. The predicted molar refractivity (Wildman–Crippen MR) is 94.6 cm³/mol. The van der Waals surface area contributed by atoms with Gasteiger partial charge in [0.2, 0.25) is 5.95 Å². The van der Waals surface area contributed by atoms with E-state index in [4.69, 9.17) is 23.2 Å². The zero-order valence-electron chi connectivity index (χ0n) is 12.2. The van der Waals surface area contributed by atoms with Crippen LogP contribution in [0.4, 0.5) is 17.5 Å². The molecule has 2 aromatic heterocycles. The van der Waals surface area contributed by atoms with Gasteiger partial charge in [-0.2, -0.15) is 4.98 Å². The molecule has 3 aromatic rings. The Balaban J connectivity index is 1.97. The number of pyridine rings is 1. The Hall–Kier alpha value is -2.37. The van der Waals surface area contributed by atoms with Crippen molar-refractivity contribution in [1.29, 1.82) is 0 Å². The van der Waals surface area contributed by atoms with E-state index >= 15 is 0 Å². The van der Waals surface area contributed by atoms with Crippen LogP contribution in [0, 0.1) is 0 Å². The third kappa shape index (κ3) is 3.70. The van der Waals surface area contributed by atoms with Crippen LogP contribution >= 0.6 is 23.2 Å². The highest BCUT2D eigenvalue weighted by Gasteiger charge is 2.08. The van der Waals surface area contributed by atoms with Crippen LogP contribution in [0.5, 0.6) is 0 Å². The minimum atomic E-state index is 0.476. The SMILES string of the molecule is CNc1nc(Nc2ccc(Cl)c(Cl)c2)cc(-c2ccccn2)n1. The van der Waals surface area contributed by atoms with E-state index in [1.54, 1.807) is 25.4 Å². The number of hydrogen-bond donors (Lipinski definition) is 2. The molecule has 1 aromatic carbocycles. The van der Waals surface area contributed by atoms with Crippen LogP contribution in [0.1, 0.15) is 0 Å². The average molecular weight is 346 g/mol. The molecule has 0 unspecified atom stereocenters. The second-order valence-corrected chi connectivity index (χ2v) is 5.50. The normalized spacial score (nSPS) is 10.4. The van der Waals surface area contributed by atoms with Crippen molar-refractivity contribution in [2.75, 3.05) is 17.7 Å². The fourth-order valence-electron chi connectivity index (χ4n) is 1.99. The summed E-state index contributed by atoms with van der Waals surface area (Å²) in [5.41, 5.74) is 2.27. The second-order valence-electron chi connectivity index (χ2n) is 4.68. The smallest absolute Gasteiger partial charge is 0.225 e. The summed E-state index contributed by atoms with van der Waals surface area (Å²) in [4.78, 5) is 13.1. The van der Waals surface area contributed by atoms with Crippen molar-refractivity contribution in [2.24, 2.45) is 0 Å².